The van der Waals surface area contributed by atoms with Crippen LogP contribution in [0.5, 0.6) is 11.5 Å². The molecule has 0 radical (unpaired) electrons. The lowest BCUT2D eigenvalue weighted by Gasteiger charge is -2.28. The number of amides is 1. The van der Waals surface area contributed by atoms with Crippen LogP contribution in [0.2, 0.25) is 0 Å². The molecule has 2 aliphatic rings. The molecule has 0 aromatic heterocycles. The molecule has 0 aliphatic heterocycles. The largest absolute Gasteiger partial charge is 0.497 e. The van der Waals surface area contributed by atoms with Crippen LogP contribution in [-0.4, -0.2) is 19.1 Å². The second-order valence-corrected chi connectivity index (χ2v) is 8.17. The van der Waals surface area contributed by atoms with Gasteiger partial charge in [-0.1, -0.05) is 19.1 Å². The summed E-state index contributed by atoms with van der Waals surface area (Å²) in [5.41, 5.74) is 5.27. The molecular formula is C25H31NO3. The third-order valence-corrected chi connectivity index (χ3v) is 6.24. The molecule has 0 saturated carbocycles. The van der Waals surface area contributed by atoms with Crippen molar-refractivity contribution in [3.63, 3.8) is 0 Å². The van der Waals surface area contributed by atoms with E-state index in [1.807, 2.05) is 19.1 Å². The minimum Gasteiger partial charge on any atom is -0.497 e. The van der Waals surface area contributed by atoms with Crippen molar-refractivity contribution in [1.29, 1.82) is 0 Å². The first kappa shape index (κ1) is 19.8. The molecule has 0 bridgehead atoms. The van der Waals surface area contributed by atoms with Gasteiger partial charge in [-0.3, -0.25) is 4.79 Å². The van der Waals surface area contributed by atoms with Crippen molar-refractivity contribution < 1.29 is 14.3 Å². The van der Waals surface area contributed by atoms with Crippen molar-refractivity contribution in [2.75, 3.05) is 7.11 Å². The molecule has 0 fully saturated rings. The standard InChI is InChI=1S/C25H31NO3/c1-3-24(29-21-12-11-17-7-4-5-8-18(17)15-21)25(27)26-23-10-6-9-19-16-20(28-2)13-14-22(19)23/h11-16,23-24H,3-10H2,1-2H3,(H,26,27)/t23-,24-/m0/s1. The first-order chi connectivity index (χ1) is 14.2. The number of hydrogen-bond acceptors (Lipinski definition) is 3. The Labute approximate surface area is 173 Å². The summed E-state index contributed by atoms with van der Waals surface area (Å²) in [6.07, 6.45) is 7.99. The second-order valence-electron chi connectivity index (χ2n) is 8.17. The van der Waals surface area contributed by atoms with Gasteiger partial charge in [0.05, 0.1) is 13.2 Å². The summed E-state index contributed by atoms with van der Waals surface area (Å²) >= 11 is 0. The molecule has 1 N–H and O–H groups in total. The number of ether oxygens (including phenoxy) is 2. The van der Waals surface area contributed by atoms with E-state index in [1.165, 1.54) is 35.1 Å². The molecule has 0 spiro atoms. The Balaban J connectivity index is 1.45. The number of rotatable bonds is 6. The molecule has 4 nitrogen and oxygen atoms in total. The Morgan fingerprint density at radius 3 is 2.52 bits per heavy atom. The van der Waals surface area contributed by atoms with Crippen molar-refractivity contribution in [3.8, 4) is 11.5 Å². The van der Waals surface area contributed by atoms with Gasteiger partial charge in [-0.05, 0) is 97.9 Å². The van der Waals surface area contributed by atoms with Crippen LogP contribution in [0.15, 0.2) is 36.4 Å². The molecule has 0 heterocycles. The van der Waals surface area contributed by atoms with E-state index in [9.17, 15) is 4.79 Å². The Morgan fingerprint density at radius 2 is 1.72 bits per heavy atom. The molecule has 2 aromatic rings. The number of benzene rings is 2. The molecule has 4 heteroatoms. The Kier molecular flexibility index (Phi) is 6.08. The highest BCUT2D eigenvalue weighted by atomic mass is 16.5. The number of carbonyl (C=O) groups excluding carboxylic acids is 1. The van der Waals surface area contributed by atoms with Crippen LogP contribution in [0, 0.1) is 0 Å². The van der Waals surface area contributed by atoms with E-state index < -0.39 is 6.10 Å². The van der Waals surface area contributed by atoms with Crippen molar-refractivity contribution in [3.05, 3.63) is 58.7 Å². The summed E-state index contributed by atoms with van der Waals surface area (Å²) in [6, 6.07) is 12.5. The summed E-state index contributed by atoms with van der Waals surface area (Å²) in [7, 11) is 1.69. The fourth-order valence-electron chi connectivity index (χ4n) is 4.60. The zero-order valence-electron chi connectivity index (χ0n) is 17.5. The van der Waals surface area contributed by atoms with Crippen molar-refractivity contribution in [2.45, 2.75) is 70.4 Å². The highest BCUT2D eigenvalue weighted by Gasteiger charge is 2.26. The van der Waals surface area contributed by atoms with Crippen LogP contribution in [0.3, 0.4) is 0 Å². The van der Waals surface area contributed by atoms with Gasteiger partial charge < -0.3 is 14.8 Å². The highest BCUT2D eigenvalue weighted by Crippen LogP contribution is 2.32. The molecule has 1 amide bonds. The maximum Gasteiger partial charge on any atom is 0.261 e. The summed E-state index contributed by atoms with van der Waals surface area (Å²) in [5.74, 6) is 1.65. The van der Waals surface area contributed by atoms with Crippen LogP contribution in [0.1, 0.15) is 67.3 Å². The van der Waals surface area contributed by atoms with Gasteiger partial charge >= 0.3 is 0 Å². The number of aryl methyl sites for hydroxylation is 3. The van der Waals surface area contributed by atoms with E-state index >= 15 is 0 Å². The molecule has 0 unspecified atom stereocenters. The van der Waals surface area contributed by atoms with Crippen LogP contribution < -0.4 is 14.8 Å². The maximum atomic E-state index is 13.0. The molecule has 2 aromatic carbocycles. The van der Waals surface area contributed by atoms with Gasteiger partial charge in [0.25, 0.3) is 5.91 Å². The van der Waals surface area contributed by atoms with Gasteiger partial charge in [0.2, 0.25) is 0 Å². The Hall–Kier alpha value is -2.49. The summed E-state index contributed by atoms with van der Waals surface area (Å²) in [6.45, 7) is 2.00. The Bertz CT molecular complexity index is 876. The van der Waals surface area contributed by atoms with Crippen molar-refractivity contribution in [1.82, 2.24) is 5.32 Å². The van der Waals surface area contributed by atoms with Gasteiger partial charge in [-0.25, -0.2) is 0 Å². The molecule has 4 rings (SSSR count). The van der Waals surface area contributed by atoms with Gasteiger partial charge in [0.15, 0.2) is 6.10 Å². The minimum absolute atomic E-state index is 0.0288. The molecule has 2 aliphatic carbocycles. The first-order valence-corrected chi connectivity index (χ1v) is 10.9. The minimum atomic E-state index is -0.472. The predicted octanol–water partition coefficient (Wildman–Crippen LogP) is 4.93. The fourth-order valence-corrected chi connectivity index (χ4v) is 4.60. The maximum absolute atomic E-state index is 13.0. The van der Waals surface area contributed by atoms with Gasteiger partial charge in [-0.15, -0.1) is 0 Å². The fraction of sp³-hybridized carbons (Fsp3) is 0.480. The van der Waals surface area contributed by atoms with Crippen molar-refractivity contribution in [2.24, 2.45) is 0 Å². The normalized spacial score (nSPS) is 18.9. The van der Waals surface area contributed by atoms with Crippen LogP contribution in [-0.2, 0) is 24.1 Å². The summed E-state index contributed by atoms with van der Waals surface area (Å²) < 4.78 is 11.5. The zero-order chi connectivity index (χ0) is 20.2. The number of fused-ring (bicyclic) bond motifs is 2. The topological polar surface area (TPSA) is 47.6 Å². The quantitative estimate of drug-likeness (QED) is 0.757. The van der Waals surface area contributed by atoms with E-state index in [0.29, 0.717) is 6.42 Å². The molecule has 29 heavy (non-hydrogen) atoms. The predicted molar refractivity (Wildman–Crippen MR) is 115 cm³/mol. The smallest absolute Gasteiger partial charge is 0.261 e. The van der Waals surface area contributed by atoms with E-state index in [1.54, 1.807) is 7.11 Å². The Morgan fingerprint density at radius 1 is 1.00 bits per heavy atom. The van der Waals surface area contributed by atoms with Crippen molar-refractivity contribution >= 4 is 5.91 Å². The lowest BCUT2D eigenvalue weighted by Crippen LogP contribution is -2.41. The lowest BCUT2D eigenvalue weighted by atomic mass is 9.87. The zero-order valence-corrected chi connectivity index (χ0v) is 17.5. The summed E-state index contributed by atoms with van der Waals surface area (Å²) in [5, 5.41) is 3.24. The monoisotopic (exact) mass is 393 g/mol. The van der Waals surface area contributed by atoms with Crippen LogP contribution >= 0.6 is 0 Å². The van der Waals surface area contributed by atoms with Gasteiger partial charge in [0, 0.05) is 0 Å². The highest BCUT2D eigenvalue weighted by molar-refractivity contribution is 5.81. The molecule has 154 valence electrons. The summed E-state index contributed by atoms with van der Waals surface area (Å²) in [4.78, 5) is 13.0. The van der Waals surface area contributed by atoms with E-state index in [-0.39, 0.29) is 11.9 Å². The number of methoxy groups -OCH3 is 1. The molecular weight excluding hydrogens is 362 g/mol. The molecule has 2 atom stereocenters. The number of hydrogen-bond donors (Lipinski definition) is 1. The van der Waals surface area contributed by atoms with Gasteiger partial charge in [0.1, 0.15) is 11.5 Å². The second kappa shape index (κ2) is 8.89. The van der Waals surface area contributed by atoms with E-state index in [4.69, 9.17) is 9.47 Å². The third kappa shape index (κ3) is 4.42. The lowest BCUT2D eigenvalue weighted by molar-refractivity contribution is -0.129. The SMILES string of the molecule is CC[C@H](Oc1ccc2c(c1)CCCC2)C(=O)N[C@H]1CCCc2cc(OC)ccc21. The number of carbonyl (C=O) groups is 1. The van der Waals surface area contributed by atoms with E-state index in [2.05, 4.69) is 29.6 Å². The average molecular weight is 394 g/mol. The van der Waals surface area contributed by atoms with Crippen LogP contribution in [0.4, 0.5) is 0 Å². The van der Waals surface area contributed by atoms with Crippen LogP contribution in [0.25, 0.3) is 0 Å². The van der Waals surface area contributed by atoms with E-state index in [0.717, 1.165) is 43.6 Å². The first-order valence-electron chi connectivity index (χ1n) is 10.9. The third-order valence-electron chi connectivity index (χ3n) is 6.24. The number of nitrogens with one attached hydrogen (secondary N) is 1. The molecule has 0 saturated heterocycles. The average Bonchev–Trinajstić information content (AvgIpc) is 2.77. The van der Waals surface area contributed by atoms with Gasteiger partial charge in [-0.2, -0.15) is 0 Å².